The molecule has 1 aliphatic heterocycles. The average molecular weight is 160 g/mol. The van der Waals surface area contributed by atoms with E-state index in [9.17, 15) is 0 Å². The number of nitrogens with two attached hydrogens (primary N) is 1. The largest absolute Gasteiger partial charge is 0.329 e. The molecular formula is C7H16N2S. The van der Waals surface area contributed by atoms with Crippen LogP contribution in [0.15, 0.2) is 0 Å². The highest BCUT2D eigenvalue weighted by Gasteiger charge is 2.06. The molecular weight excluding hydrogens is 144 g/mol. The van der Waals surface area contributed by atoms with E-state index in [2.05, 4.69) is 16.7 Å². The zero-order valence-electron chi connectivity index (χ0n) is 6.38. The van der Waals surface area contributed by atoms with Crippen LogP contribution >= 0.6 is 11.8 Å². The molecule has 1 heterocycles. The molecule has 0 radical (unpaired) electrons. The van der Waals surface area contributed by atoms with Crippen molar-refractivity contribution in [2.45, 2.75) is 6.42 Å². The lowest BCUT2D eigenvalue weighted by molar-refractivity contribution is 0.304. The third-order valence-electron chi connectivity index (χ3n) is 1.76. The molecule has 1 saturated heterocycles. The van der Waals surface area contributed by atoms with Gasteiger partial charge >= 0.3 is 0 Å². The number of hydrogen-bond donors (Lipinski definition) is 1. The normalized spacial score (nSPS) is 22.5. The van der Waals surface area contributed by atoms with E-state index in [1.807, 2.05) is 0 Å². The number of thioether (sulfide) groups is 1. The Morgan fingerprint density at radius 1 is 1.30 bits per heavy atom. The van der Waals surface area contributed by atoms with Gasteiger partial charge < -0.3 is 10.6 Å². The molecule has 0 aliphatic carbocycles. The molecule has 0 amide bonds. The lowest BCUT2D eigenvalue weighted by Gasteiger charge is -2.17. The van der Waals surface area contributed by atoms with E-state index in [0.29, 0.717) is 0 Å². The fraction of sp³-hybridized carbons (Fsp3) is 1.00. The molecule has 0 spiro atoms. The van der Waals surface area contributed by atoms with Crippen LogP contribution in [0.4, 0.5) is 0 Å². The van der Waals surface area contributed by atoms with Crippen LogP contribution in [0.1, 0.15) is 6.42 Å². The quantitative estimate of drug-likeness (QED) is 0.633. The minimum atomic E-state index is 0.810. The monoisotopic (exact) mass is 160 g/mol. The number of nitrogens with zero attached hydrogens (tertiary/aromatic N) is 1. The van der Waals surface area contributed by atoms with Crippen molar-refractivity contribution >= 4 is 11.8 Å². The van der Waals surface area contributed by atoms with E-state index in [-0.39, 0.29) is 0 Å². The average Bonchev–Trinajstić information content (AvgIpc) is 2.17. The molecule has 0 aromatic rings. The summed E-state index contributed by atoms with van der Waals surface area (Å²) in [5.74, 6) is 2.63. The maximum Gasteiger partial charge on any atom is 0.0105 e. The van der Waals surface area contributed by atoms with Gasteiger partial charge in [-0.15, -0.1) is 0 Å². The summed E-state index contributed by atoms with van der Waals surface area (Å²) in [4.78, 5) is 2.46. The van der Waals surface area contributed by atoms with Crippen molar-refractivity contribution in [2.24, 2.45) is 5.73 Å². The Morgan fingerprint density at radius 2 is 2.20 bits per heavy atom. The zero-order chi connectivity index (χ0) is 7.23. The minimum Gasteiger partial charge on any atom is -0.329 e. The molecule has 0 aromatic heterocycles. The van der Waals surface area contributed by atoms with Gasteiger partial charge in [-0.25, -0.2) is 0 Å². The number of hydrogen-bond acceptors (Lipinski definition) is 3. The van der Waals surface area contributed by atoms with Gasteiger partial charge in [0.1, 0.15) is 0 Å². The van der Waals surface area contributed by atoms with Gasteiger partial charge in [-0.2, -0.15) is 11.8 Å². The van der Waals surface area contributed by atoms with Crippen LogP contribution in [0.25, 0.3) is 0 Å². The van der Waals surface area contributed by atoms with Gasteiger partial charge in [-0.1, -0.05) is 0 Å². The molecule has 1 rings (SSSR count). The maximum atomic E-state index is 5.46. The predicted molar refractivity (Wildman–Crippen MR) is 47.4 cm³/mol. The first-order chi connectivity index (χ1) is 4.93. The van der Waals surface area contributed by atoms with Gasteiger partial charge in [0, 0.05) is 25.4 Å². The molecule has 0 saturated carbocycles. The smallest absolute Gasteiger partial charge is 0.0105 e. The lowest BCUT2D eigenvalue weighted by Crippen LogP contribution is -2.31. The standard InChI is InChI=1S/C7H16N2S/c8-2-4-9-3-1-6-10-7-5-9/h1-8H2. The molecule has 2 N–H and O–H groups in total. The predicted octanol–water partition coefficient (Wildman–Crippen LogP) is 0.384. The van der Waals surface area contributed by atoms with Crippen molar-refractivity contribution in [3.8, 4) is 0 Å². The van der Waals surface area contributed by atoms with Crippen LogP contribution in [-0.2, 0) is 0 Å². The van der Waals surface area contributed by atoms with Crippen molar-refractivity contribution < 1.29 is 0 Å². The van der Waals surface area contributed by atoms with E-state index in [0.717, 1.165) is 13.1 Å². The van der Waals surface area contributed by atoms with Crippen molar-refractivity contribution in [3.63, 3.8) is 0 Å². The van der Waals surface area contributed by atoms with Gasteiger partial charge in [0.25, 0.3) is 0 Å². The molecule has 3 heteroatoms. The molecule has 0 bridgehead atoms. The fourth-order valence-corrected chi connectivity index (χ4v) is 2.13. The van der Waals surface area contributed by atoms with Crippen molar-refractivity contribution in [2.75, 3.05) is 37.7 Å². The van der Waals surface area contributed by atoms with Crippen LogP contribution in [0.3, 0.4) is 0 Å². The van der Waals surface area contributed by atoms with Crippen LogP contribution in [0.5, 0.6) is 0 Å². The Hall–Kier alpha value is 0.270. The summed E-state index contributed by atoms with van der Waals surface area (Å²) in [5, 5.41) is 0. The van der Waals surface area contributed by atoms with Crippen LogP contribution in [0.2, 0.25) is 0 Å². The first kappa shape index (κ1) is 8.37. The van der Waals surface area contributed by atoms with Gasteiger partial charge in [-0.3, -0.25) is 0 Å². The second-order valence-electron chi connectivity index (χ2n) is 2.60. The summed E-state index contributed by atoms with van der Waals surface area (Å²) < 4.78 is 0. The van der Waals surface area contributed by atoms with Crippen molar-refractivity contribution in [3.05, 3.63) is 0 Å². The van der Waals surface area contributed by atoms with E-state index in [1.165, 1.54) is 31.0 Å². The van der Waals surface area contributed by atoms with E-state index >= 15 is 0 Å². The van der Waals surface area contributed by atoms with Gasteiger partial charge in [-0.05, 0) is 18.7 Å². The Labute approximate surface area is 67.1 Å². The van der Waals surface area contributed by atoms with Gasteiger partial charge in [0.2, 0.25) is 0 Å². The summed E-state index contributed by atoms with van der Waals surface area (Å²) in [6, 6.07) is 0. The molecule has 1 fully saturated rings. The maximum absolute atomic E-state index is 5.46. The van der Waals surface area contributed by atoms with Gasteiger partial charge in [0.05, 0.1) is 0 Å². The molecule has 10 heavy (non-hydrogen) atoms. The van der Waals surface area contributed by atoms with Gasteiger partial charge in [0.15, 0.2) is 0 Å². The molecule has 60 valence electrons. The summed E-state index contributed by atoms with van der Waals surface area (Å²) in [6.07, 6.45) is 1.34. The van der Waals surface area contributed by atoms with E-state index < -0.39 is 0 Å². The van der Waals surface area contributed by atoms with Crippen LogP contribution < -0.4 is 5.73 Å². The second-order valence-corrected chi connectivity index (χ2v) is 3.82. The Kier molecular flexibility index (Phi) is 4.18. The number of rotatable bonds is 2. The third-order valence-corrected chi connectivity index (χ3v) is 2.81. The van der Waals surface area contributed by atoms with Crippen LogP contribution in [0, 0.1) is 0 Å². The Balaban J connectivity index is 2.15. The topological polar surface area (TPSA) is 29.3 Å². The first-order valence-electron chi connectivity index (χ1n) is 3.93. The summed E-state index contributed by atoms with van der Waals surface area (Å²) >= 11 is 2.06. The second kappa shape index (κ2) is 4.99. The van der Waals surface area contributed by atoms with Crippen molar-refractivity contribution in [1.82, 2.24) is 4.90 Å². The van der Waals surface area contributed by atoms with Crippen molar-refractivity contribution in [1.29, 1.82) is 0 Å². The fourth-order valence-electron chi connectivity index (χ4n) is 1.20. The molecule has 0 unspecified atom stereocenters. The molecule has 2 nitrogen and oxygen atoms in total. The summed E-state index contributed by atoms with van der Waals surface area (Å²) in [6.45, 7) is 4.39. The Bertz CT molecular complexity index is 79.7. The molecule has 1 aliphatic rings. The molecule has 0 atom stereocenters. The zero-order valence-corrected chi connectivity index (χ0v) is 7.20. The highest BCUT2D eigenvalue weighted by Crippen LogP contribution is 2.08. The minimum absolute atomic E-state index is 0.810. The van der Waals surface area contributed by atoms with E-state index in [1.54, 1.807) is 0 Å². The van der Waals surface area contributed by atoms with Crippen LogP contribution in [-0.4, -0.2) is 42.6 Å². The molecule has 0 aromatic carbocycles. The lowest BCUT2D eigenvalue weighted by atomic mass is 10.4. The van der Waals surface area contributed by atoms with E-state index in [4.69, 9.17) is 5.73 Å². The highest BCUT2D eigenvalue weighted by atomic mass is 32.2. The SMILES string of the molecule is NCCN1CCCSCC1. The third kappa shape index (κ3) is 2.90. The highest BCUT2D eigenvalue weighted by molar-refractivity contribution is 7.99. The first-order valence-corrected chi connectivity index (χ1v) is 5.09. The summed E-state index contributed by atoms with van der Waals surface area (Å²) in [7, 11) is 0. The Morgan fingerprint density at radius 3 is 3.00 bits per heavy atom. The summed E-state index contributed by atoms with van der Waals surface area (Å²) in [5.41, 5.74) is 5.46.